The van der Waals surface area contributed by atoms with Crippen LogP contribution in [0.4, 0.5) is 0 Å². The van der Waals surface area contributed by atoms with Crippen molar-refractivity contribution in [1.82, 2.24) is 0 Å². The molecule has 0 bridgehead atoms. The number of aromatic hydroxyl groups is 2. The Balaban J connectivity index is 2.54. The maximum absolute atomic E-state index is 10.9. The highest BCUT2D eigenvalue weighted by Gasteiger charge is 2.19. The third-order valence-electron chi connectivity index (χ3n) is 3.33. The number of benzene rings is 1. The molecule has 0 saturated carbocycles. The first-order chi connectivity index (χ1) is 8.95. The summed E-state index contributed by atoms with van der Waals surface area (Å²) in [5.41, 5.74) is 5.92. The normalized spacial score (nSPS) is 14.0. The molecule has 0 heterocycles. The highest BCUT2D eigenvalue weighted by molar-refractivity contribution is 5.70. The van der Waals surface area contributed by atoms with Gasteiger partial charge in [-0.3, -0.25) is 4.79 Å². The smallest absolute Gasteiger partial charge is 0.307 e. The van der Waals surface area contributed by atoms with Crippen LogP contribution in [0.5, 0.6) is 11.5 Å². The Labute approximate surface area is 112 Å². The van der Waals surface area contributed by atoms with E-state index in [-0.39, 0.29) is 24.0 Å². The van der Waals surface area contributed by atoms with Crippen molar-refractivity contribution < 1.29 is 20.1 Å². The van der Waals surface area contributed by atoms with Crippen LogP contribution in [0.2, 0.25) is 0 Å². The van der Waals surface area contributed by atoms with Crippen molar-refractivity contribution >= 4 is 5.97 Å². The Kier molecular flexibility index (Phi) is 5.63. The predicted octanol–water partition coefficient (Wildman–Crippen LogP) is 1.72. The SMILES string of the molecule is CC(CCc1c(O)cccc1O)CC(CN)C(=O)O. The molecular weight excluding hydrogens is 246 g/mol. The highest BCUT2D eigenvalue weighted by Crippen LogP contribution is 2.29. The molecule has 5 heteroatoms. The van der Waals surface area contributed by atoms with Gasteiger partial charge in [-0.1, -0.05) is 13.0 Å². The van der Waals surface area contributed by atoms with Crippen LogP contribution >= 0.6 is 0 Å². The molecule has 19 heavy (non-hydrogen) atoms. The van der Waals surface area contributed by atoms with Gasteiger partial charge in [0, 0.05) is 12.1 Å². The summed E-state index contributed by atoms with van der Waals surface area (Å²) in [6.45, 7) is 2.07. The van der Waals surface area contributed by atoms with Crippen LogP contribution in [0.3, 0.4) is 0 Å². The third kappa shape index (κ3) is 4.44. The monoisotopic (exact) mass is 267 g/mol. The lowest BCUT2D eigenvalue weighted by molar-refractivity contribution is -0.141. The van der Waals surface area contributed by atoms with Gasteiger partial charge < -0.3 is 21.1 Å². The summed E-state index contributed by atoms with van der Waals surface area (Å²) in [6.07, 6.45) is 1.70. The maximum Gasteiger partial charge on any atom is 0.307 e. The zero-order valence-electron chi connectivity index (χ0n) is 11.0. The molecule has 0 radical (unpaired) electrons. The van der Waals surface area contributed by atoms with Gasteiger partial charge in [0.15, 0.2) is 0 Å². The molecule has 5 nitrogen and oxygen atoms in total. The van der Waals surface area contributed by atoms with Gasteiger partial charge in [0.05, 0.1) is 5.92 Å². The van der Waals surface area contributed by atoms with E-state index in [2.05, 4.69) is 0 Å². The Bertz CT molecular complexity index is 413. The number of carbonyl (C=O) groups is 1. The van der Waals surface area contributed by atoms with Crippen LogP contribution in [-0.4, -0.2) is 27.8 Å². The van der Waals surface area contributed by atoms with Crippen molar-refractivity contribution in [3.63, 3.8) is 0 Å². The molecule has 0 spiro atoms. The number of hydrogen-bond acceptors (Lipinski definition) is 4. The molecule has 1 aromatic rings. The standard InChI is InChI=1S/C14H21NO4/c1-9(7-10(8-15)14(18)19)5-6-11-12(16)3-2-4-13(11)17/h2-4,9-10,16-17H,5-8,15H2,1H3,(H,18,19). The Morgan fingerprint density at radius 2 is 1.89 bits per heavy atom. The summed E-state index contributed by atoms with van der Waals surface area (Å²) in [5.74, 6) is -1.11. The average Bonchev–Trinajstić information content (AvgIpc) is 2.35. The molecule has 1 rings (SSSR count). The lowest BCUT2D eigenvalue weighted by atomic mass is 9.91. The number of carboxylic acid groups (broad SMARTS) is 1. The molecule has 0 aliphatic rings. The summed E-state index contributed by atoms with van der Waals surface area (Å²) in [7, 11) is 0. The minimum Gasteiger partial charge on any atom is -0.508 e. The minimum atomic E-state index is -0.875. The van der Waals surface area contributed by atoms with Gasteiger partial charge in [0.25, 0.3) is 0 Å². The number of nitrogens with two attached hydrogens (primary N) is 1. The second-order valence-corrected chi connectivity index (χ2v) is 4.93. The van der Waals surface area contributed by atoms with Crippen LogP contribution < -0.4 is 5.73 Å². The quantitative estimate of drug-likeness (QED) is 0.602. The van der Waals surface area contributed by atoms with Crippen molar-refractivity contribution in [2.24, 2.45) is 17.6 Å². The van der Waals surface area contributed by atoms with Crippen molar-refractivity contribution in [3.05, 3.63) is 23.8 Å². The van der Waals surface area contributed by atoms with Crippen molar-refractivity contribution in [2.45, 2.75) is 26.2 Å². The molecular formula is C14H21NO4. The fourth-order valence-corrected chi connectivity index (χ4v) is 2.11. The van der Waals surface area contributed by atoms with Crippen LogP contribution in [0.15, 0.2) is 18.2 Å². The summed E-state index contributed by atoms with van der Waals surface area (Å²) in [5, 5.41) is 28.2. The number of phenols is 2. The third-order valence-corrected chi connectivity index (χ3v) is 3.33. The summed E-state index contributed by atoms with van der Waals surface area (Å²) in [4.78, 5) is 10.9. The summed E-state index contributed by atoms with van der Waals surface area (Å²) >= 11 is 0. The molecule has 2 unspecified atom stereocenters. The van der Waals surface area contributed by atoms with Crippen molar-refractivity contribution in [2.75, 3.05) is 6.54 Å². The largest absolute Gasteiger partial charge is 0.508 e. The zero-order valence-corrected chi connectivity index (χ0v) is 11.0. The van der Waals surface area contributed by atoms with E-state index >= 15 is 0 Å². The molecule has 1 aromatic carbocycles. The van der Waals surface area contributed by atoms with Gasteiger partial charge in [-0.05, 0) is 37.3 Å². The Morgan fingerprint density at radius 3 is 2.37 bits per heavy atom. The van der Waals surface area contributed by atoms with Gasteiger partial charge in [-0.2, -0.15) is 0 Å². The summed E-state index contributed by atoms with van der Waals surface area (Å²) < 4.78 is 0. The van der Waals surface area contributed by atoms with Gasteiger partial charge in [-0.25, -0.2) is 0 Å². The number of carboxylic acids is 1. The molecule has 2 atom stereocenters. The second-order valence-electron chi connectivity index (χ2n) is 4.93. The Morgan fingerprint density at radius 1 is 1.32 bits per heavy atom. The molecule has 5 N–H and O–H groups in total. The molecule has 106 valence electrons. The first kappa shape index (κ1) is 15.3. The highest BCUT2D eigenvalue weighted by atomic mass is 16.4. The zero-order chi connectivity index (χ0) is 14.4. The van der Waals surface area contributed by atoms with E-state index in [1.54, 1.807) is 6.07 Å². The van der Waals surface area contributed by atoms with E-state index in [1.165, 1.54) is 12.1 Å². The lowest BCUT2D eigenvalue weighted by Gasteiger charge is -2.16. The molecule has 0 aliphatic heterocycles. The second kappa shape index (κ2) is 6.99. The first-order valence-corrected chi connectivity index (χ1v) is 6.38. The molecule has 0 fully saturated rings. The van der Waals surface area contributed by atoms with Crippen molar-refractivity contribution in [3.8, 4) is 11.5 Å². The van der Waals surface area contributed by atoms with E-state index < -0.39 is 11.9 Å². The molecule has 0 aromatic heterocycles. The van der Waals surface area contributed by atoms with Gasteiger partial charge in [-0.15, -0.1) is 0 Å². The Hall–Kier alpha value is -1.75. The number of phenolic OH excluding ortho intramolecular Hbond substituents is 2. The topological polar surface area (TPSA) is 104 Å². The van der Waals surface area contributed by atoms with E-state index in [0.717, 1.165) is 0 Å². The molecule has 0 amide bonds. The maximum atomic E-state index is 10.9. The average molecular weight is 267 g/mol. The first-order valence-electron chi connectivity index (χ1n) is 6.38. The van der Waals surface area contributed by atoms with E-state index in [4.69, 9.17) is 10.8 Å². The minimum absolute atomic E-state index is 0.0702. The van der Waals surface area contributed by atoms with Crippen LogP contribution in [0.1, 0.15) is 25.3 Å². The van der Waals surface area contributed by atoms with Gasteiger partial charge in [0.1, 0.15) is 11.5 Å². The molecule has 0 saturated heterocycles. The lowest BCUT2D eigenvalue weighted by Crippen LogP contribution is -2.25. The van der Waals surface area contributed by atoms with E-state index in [0.29, 0.717) is 24.8 Å². The fraction of sp³-hybridized carbons (Fsp3) is 0.500. The van der Waals surface area contributed by atoms with Crippen LogP contribution in [0, 0.1) is 11.8 Å². The van der Waals surface area contributed by atoms with Crippen molar-refractivity contribution in [1.29, 1.82) is 0 Å². The number of rotatable bonds is 7. The molecule has 0 aliphatic carbocycles. The predicted molar refractivity (Wildman–Crippen MR) is 72.1 cm³/mol. The number of hydrogen-bond donors (Lipinski definition) is 4. The van der Waals surface area contributed by atoms with E-state index in [9.17, 15) is 15.0 Å². The van der Waals surface area contributed by atoms with Crippen LogP contribution in [0.25, 0.3) is 0 Å². The summed E-state index contributed by atoms with van der Waals surface area (Å²) in [6, 6.07) is 4.63. The van der Waals surface area contributed by atoms with Crippen LogP contribution in [-0.2, 0) is 11.2 Å². The van der Waals surface area contributed by atoms with E-state index in [1.807, 2.05) is 6.92 Å². The van der Waals surface area contributed by atoms with Gasteiger partial charge >= 0.3 is 5.97 Å². The fourth-order valence-electron chi connectivity index (χ4n) is 2.11. The van der Waals surface area contributed by atoms with Gasteiger partial charge in [0.2, 0.25) is 0 Å². The number of aliphatic carboxylic acids is 1.